The van der Waals surface area contributed by atoms with Gasteiger partial charge in [-0.1, -0.05) is 38.0 Å². The second-order valence-electron chi connectivity index (χ2n) is 4.07. The summed E-state index contributed by atoms with van der Waals surface area (Å²) in [5.41, 5.74) is 1.07. The Kier molecular flexibility index (Phi) is 6.98. The van der Waals surface area contributed by atoms with Crippen LogP contribution in [0, 0.1) is 11.8 Å². The Morgan fingerprint density at radius 1 is 1.00 bits per heavy atom. The van der Waals surface area contributed by atoms with Gasteiger partial charge in [-0.25, -0.2) is 0 Å². The van der Waals surface area contributed by atoms with E-state index in [9.17, 15) is 0 Å². The molecule has 0 aliphatic carbocycles. The van der Waals surface area contributed by atoms with Gasteiger partial charge < -0.3 is 4.74 Å². The van der Waals surface area contributed by atoms with Crippen molar-refractivity contribution in [3.63, 3.8) is 0 Å². The van der Waals surface area contributed by atoms with E-state index in [-0.39, 0.29) is 0 Å². The molecule has 0 saturated carbocycles. The first-order valence-corrected chi connectivity index (χ1v) is 6.58. The Hall–Kier alpha value is -1.42. The quantitative estimate of drug-likeness (QED) is 0.519. The van der Waals surface area contributed by atoms with E-state index < -0.39 is 0 Å². The summed E-state index contributed by atoms with van der Waals surface area (Å²) in [4.78, 5) is 0. The van der Waals surface area contributed by atoms with Crippen molar-refractivity contribution in [1.82, 2.24) is 0 Å². The zero-order valence-electron chi connectivity index (χ0n) is 11.0. The van der Waals surface area contributed by atoms with Crippen LogP contribution in [0.5, 0.6) is 5.75 Å². The van der Waals surface area contributed by atoms with Gasteiger partial charge in [-0.05, 0) is 37.6 Å². The van der Waals surface area contributed by atoms with Crippen LogP contribution in [-0.4, -0.2) is 6.61 Å². The Labute approximate surface area is 105 Å². The van der Waals surface area contributed by atoms with E-state index in [4.69, 9.17) is 4.74 Å². The molecule has 0 fully saturated rings. The fourth-order valence-electron chi connectivity index (χ4n) is 1.61. The Morgan fingerprint density at radius 2 is 1.76 bits per heavy atom. The molecule has 0 atom stereocenters. The van der Waals surface area contributed by atoms with Gasteiger partial charge in [0.15, 0.2) is 0 Å². The molecule has 0 heterocycles. The van der Waals surface area contributed by atoms with Crippen LogP contribution in [-0.2, 0) is 0 Å². The summed E-state index contributed by atoms with van der Waals surface area (Å²) >= 11 is 0. The summed E-state index contributed by atoms with van der Waals surface area (Å²) < 4.78 is 5.38. The predicted octanol–water partition coefficient (Wildman–Crippen LogP) is 4.41. The van der Waals surface area contributed by atoms with E-state index >= 15 is 0 Å². The minimum Gasteiger partial charge on any atom is -0.494 e. The van der Waals surface area contributed by atoms with Crippen LogP contribution in [0.25, 0.3) is 0 Å². The molecule has 1 rings (SSSR count). The lowest BCUT2D eigenvalue weighted by Gasteiger charge is -2.01. The summed E-state index contributed by atoms with van der Waals surface area (Å²) in [5, 5.41) is 0. The molecule has 0 bridgehead atoms. The van der Waals surface area contributed by atoms with Crippen LogP contribution in [0.2, 0.25) is 0 Å². The molecule has 1 aromatic rings. The minimum absolute atomic E-state index is 0.711. The molecule has 0 unspecified atom stereocenters. The van der Waals surface area contributed by atoms with Gasteiger partial charge in [0.1, 0.15) is 5.75 Å². The maximum atomic E-state index is 5.38. The Morgan fingerprint density at radius 3 is 2.41 bits per heavy atom. The number of benzene rings is 1. The molecular weight excluding hydrogens is 208 g/mol. The molecule has 92 valence electrons. The van der Waals surface area contributed by atoms with Crippen LogP contribution in [0.4, 0.5) is 0 Å². The lowest BCUT2D eigenvalue weighted by atomic mass is 10.1. The van der Waals surface area contributed by atoms with Crippen molar-refractivity contribution in [2.75, 3.05) is 6.61 Å². The normalized spacial score (nSPS) is 9.53. The Balaban J connectivity index is 2.33. The number of hydrogen-bond acceptors (Lipinski definition) is 1. The van der Waals surface area contributed by atoms with Crippen LogP contribution in [0.3, 0.4) is 0 Å². The summed E-state index contributed by atoms with van der Waals surface area (Å²) in [6.45, 7) is 4.93. The monoisotopic (exact) mass is 230 g/mol. The van der Waals surface area contributed by atoms with Crippen LogP contribution in [0.15, 0.2) is 24.3 Å². The largest absolute Gasteiger partial charge is 0.494 e. The van der Waals surface area contributed by atoms with Crippen molar-refractivity contribution in [2.24, 2.45) is 0 Å². The summed E-state index contributed by atoms with van der Waals surface area (Å²) in [7, 11) is 0. The topological polar surface area (TPSA) is 9.23 Å². The third-order valence-corrected chi connectivity index (χ3v) is 2.55. The molecule has 0 spiro atoms. The van der Waals surface area contributed by atoms with E-state index in [1.165, 1.54) is 25.7 Å². The van der Waals surface area contributed by atoms with E-state index in [0.717, 1.165) is 17.7 Å². The van der Waals surface area contributed by atoms with Gasteiger partial charge in [-0.3, -0.25) is 0 Å². The van der Waals surface area contributed by atoms with Gasteiger partial charge in [0, 0.05) is 12.0 Å². The lowest BCUT2D eigenvalue weighted by molar-refractivity contribution is 0.340. The molecule has 0 aliphatic rings. The zero-order valence-corrected chi connectivity index (χ0v) is 11.0. The summed E-state index contributed by atoms with van der Waals surface area (Å²) in [5.74, 6) is 7.32. The maximum absolute atomic E-state index is 5.38. The highest BCUT2D eigenvalue weighted by atomic mass is 16.5. The SMILES string of the molecule is CCCCCCC#Cc1ccc(OCC)cc1. The summed E-state index contributed by atoms with van der Waals surface area (Å²) in [6.07, 6.45) is 6.14. The molecule has 0 radical (unpaired) electrons. The fourth-order valence-corrected chi connectivity index (χ4v) is 1.61. The first kappa shape index (κ1) is 13.6. The molecular formula is C16H22O. The maximum Gasteiger partial charge on any atom is 0.119 e. The number of ether oxygens (including phenoxy) is 1. The first-order chi connectivity index (χ1) is 8.36. The van der Waals surface area contributed by atoms with Crippen molar-refractivity contribution in [3.05, 3.63) is 29.8 Å². The van der Waals surface area contributed by atoms with E-state index in [1.54, 1.807) is 0 Å². The lowest BCUT2D eigenvalue weighted by Crippen LogP contribution is -1.90. The van der Waals surface area contributed by atoms with Crippen molar-refractivity contribution < 1.29 is 4.74 Å². The molecule has 1 aromatic carbocycles. The smallest absolute Gasteiger partial charge is 0.119 e. The first-order valence-electron chi connectivity index (χ1n) is 6.58. The van der Waals surface area contributed by atoms with Gasteiger partial charge in [-0.2, -0.15) is 0 Å². The minimum atomic E-state index is 0.711. The molecule has 0 aromatic heterocycles. The Bertz CT molecular complexity index is 353. The summed E-state index contributed by atoms with van der Waals surface area (Å²) in [6, 6.07) is 7.99. The molecule has 17 heavy (non-hydrogen) atoms. The van der Waals surface area contributed by atoms with Gasteiger partial charge in [-0.15, -0.1) is 0 Å². The van der Waals surface area contributed by atoms with Crippen molar-refractivity contribution in [1.29, 1.82) is 0 Å². The van der Waals surface area contributed by atoms with E-state index in [2.05, 4.69) is 18.8 Å². The number of rotatable bonds is 6. The number of unbranched alkanes of at least 4 members (excludes halogenated alkanes) is 4. The molecule has 0 saturated heterocycles. The second-order valence-corrected chi connectivity index (χ2v) is 4.07. The number of hydrogen-bond donors (Lipinski definition) is 0. The average Bonchev–Trinajstić information content (AvgIpc) is 2.36. The van der Waals surface area contributed by atoms with Crippen LogP contribution < -0.4 is 4.74 Å². The van der Waals surface area contributed by atoms with Crippen LogP contribution >= 0.6 is 0 Å². The van der Waals surface area contributed by atoms with Crippen molar-refractivity contribution in [2.45, 2.75) is 46.0 Å². The van der Waals surface area contributed by atoms with Gasteiger partial charge in [0.05, 0.1) is 6.61 Å². The third-order valence-electron chi connectivity index (χ3n) is 2.55. The predicted molar refractivity (Wildman–Crippen MR) is 73.2 cm³/mol. The molecule has 1 heteroatoms. The van der Waals surface area contributed by atoms with E-state index in [1.807, 2.05) is 31.2 Å². The zero-order chi connectivity index (χ0) is 12.3. The standard InChI is InChI=1S/C16H22O/c1-3-5-6-7-8-9-10-15-11-13-16(14-12-15)17-4-2/h11-14H,3-8H2,1-2H3. The highest BCUT2D eigenvalue weighted by Crippen LogP contribution is 2.11. The molecule has 0 N–H and O–H groups in total. The molecule has 0 aliphatic heterocycles. The van der Waals surface area contributed by atoms with Crippen molar-refractivity contribution in [3.8, 4) is 17.6 Å². The highest BCUT2D eigenvalue weighted by molar-refractivity contribution is 5.38. The average molecular weight is 230 g/mol. The van der Waals surface area contributed by atoms with Gasteiger partial charge >= 0.3 is 0 Å². The third kappa shape index (κ3) is 6.02. The van der Waals surface area contributed by atoms with Crippen molar-refractivity contribution >= 4 is 0 Å². The molecule has 0 amide bonds. The van der Waals surface area contributed by atoms with Gasteiger partial charge in [0.25, 0.3) is 0 Å². The highest BCUT2D eigenvalue weighted by Gasteiger charge is 1.91. The second kappa shape index (κ2) is 8.70. The fraction of sp³-hybridized carbons (Fsp3) is 0.500. The molecule has 1 nitrogen and oxygen atoms in total. The van der Waals surface area contributed by atoms with E-state index in [0.29, 0.717) is 6.61 Å². The van der Waals surface area contributed by atoms with Crippen LogP contribution in [0.1, 0.15) is 51.5 Å². The van der Waals surface area contributed by atoms with Gasteiger partial charge in [0.2, 0.25) is 0 Å².